The molecule has 0 radical (unpaired) electrons. The van der Waals surface area contributed by atoms with Crippen molar-refractivity contribution in [2.75, 3.05) is 0 Å². The molecule has 3 nitrogen and oxygen atoms in total. The van der Waals surface area contributed by atoms with Gasteiger partial charge in [0.25, 0.3) is 0 Å². The van der Waals surface area contributed by atoms with Gasteiger partial charge in [0, 0.05) is 5.92 Å². The SMILES string of the molecule is O=Cc1cnn(CC(F)(F)F)c1C1CC1. The maximum atomic E-state index is 12.2. The lowest BCUT2D eigenvalue weighted by Gasteiger charge is -2.09. The largest absolute Gasteiger partial charge is 0.408 e. The van der Waals surface area contributed by atoms with Gasteiger partial charge in [-0.3, -0.25) is 9.48 Å². The summed E-state index contributed by atoms with van der Waals surface area (Å²) in [5, 5.41) is 3.60. The average Bonchev–Trinajstić information content (AvgIpc) is 2.87. The van der Waals surface area contributed by atoms with E-state index in [1.165, 1.54) is 6.20 Å². The molecule has 0 spiro atoms. The first-order valence-corrected chi connectivity index (χ1v) is 4.59. The van der Waals surface area contributed by atoms with E-state index < -0.39 is 12.7 Å². The molecule has 0 atom stereocenters. The Morgan fingerprint density at radius 1 is 1.53 bits per heavy atom. The van der Waals surface area contributed by atoms with Gasteiger partial charge in [0.2, 0.25) is 0 Å². The number of carbonyl (C=O) groups is 1. The van der Waals surface area contributed by atoms with Crippen LogP contribution in [0.15, 0.2) is 6.20 Å². The Morgan fingerprint density at radius 3 is 2.67 bits per heavy atom. The lowest BCUT2D eigenvalue weighted by atomic mass is 10.2. The molecule has 0 N–H and O–H groups in total. The summed E-state index contributed by atoms with van der Waals surface area (Å²) in [5.74, 6) is 0.0787. The third-order valence-electron chi connectivity index (χ3n) is 2.33. The van der Waals surface area contributed by atoms with E-state index in [9.17, 15) is 18.0 Å². The Bertz CT molecular complexity index is 379. The number of aromatic nitrogens is 2. The molecule has 2 rings (SSSR count). The monoisotopic (exact) mass is 218 g/mol. The zero-order chi connectivity index (χ0) is 11.1. The van der Waals surface area contributed by atoms with Crippen molar-refractivity contribution < 1.29 is 18.0 Å². The minimum Gasteiger partial charge on any atom is -0.298 e. The number of aldehydes is 1. The van der Waals surface area contributed by atoms with E-state index in [1.54, 1.807) is 0 Å². The van der Waals surface area contributed by atoms with Crippen molar-refractivity contribution in [2.45, 2.75) is 31.5 Å². The molecule has 1 heterocycles. The van der Waals surface area contributed by atoms with E-state index in [0.717, 1.165) is 17.5 Å². The normalized spacial score (nSPS) is 16.7. The molecule has 6 heteroatoms. The highest BCUT2D eigenvalue weighted by Crippen LogP contribution is 2.41. The summed E-state index contributed by atoms with van der Waals surface area (Å²) >= 11 is 0. The number of rotatable bonds is 3. The highest BCUT2D eigenvalue weighted by atomic mass is 19.4. The molecule has 1 fully saturated rings. The second-order valence-electron chi connectivity index (χ2n) is 3.65. The molecule has 0 aliphatic heterocycles. The number of nitrogens with zero attached hydrogens (tertiary/aromatic N) is 2. The summed E-state index contributed by atoms with van der Waals surface area (Å²) in [6.07, 6.45) is -0.857. The van der Waals surface area contributed by atoms with Crippen LogP contribution in [0.5, 0.6) is 0 Å². The van der Waals surface area contributed by atoms with Crippen LogP contribution in [0, 0.1) is 0 Å². The molecule has 1 aromatic heterocycles. The maximum absolute atomic E-state index is 12.2. The summed E-state index contributed by atoms with van der Waals surface area (Å²) in [6.45, 7) is -1.12. The number of halogens is 3. The molecule has 15 heavy (non-hydrogen) atoms. The van der Waals surface area contributed by atoms with Gasteiger partial charge in [0.1, 0.15) is 6.54 Å². The standard InChI is InChI=1S/C9H9F3N2O/c10-9(11,12)5-14-8(6-1-2-6)7(4-15)3-13-14/h3-4,6H,1-2,5H2. The number of carbonyl (C=O) groups excluding carboxylic acids is 1. The molecule has 1 aliphatic carbocycles. The number of alkyl halides is 3. The van der Waals surface area contributed by atoms with Gasteiger partial charge in [0.05, 0.1) is 17.5 Å². The molecule has 0 bridgehead atoms. The van der Waals surface area contributed by atoms with Crippen molar-refractivity contribution in [1.29, 1.82) is 0 Å². The summed E-state index contributed by atoms with van der Waals surface area (Å²) in [5.41, 5.74) is 0.712. The molecular weight excluding hydrogens is 209 g/mol. The Labute approximate surface area is 83.9 Å². The van der Waals surface area contributed by atoms with Crippen molar-refractivity contribution in [3.63, 3.8) is 0 Å². The van der Waals surface area contributed by atoms with Crippen LogP contribution >= 0.6 is 0 Å². The van der Waals surface area contributed by atoms with Crippen LogP contribution < -0.4 is 0 Å². The van der Waals surface area contributed by atoms with Crippen molar-refractivity contribution in [1.82, 2.24) is 9.78 Å². The Kier molecular flexibility index (Phi) is 2.28. The van der Waals surface area contributed by atoms with Gasteiger partial charge in [-0.15, -0.1) is 0 Å². The quantitative estimate of drug-likeness (QED) is 0.728. The number of hydrogen-bond donors (Lipinski definition) is 0. The second kappa shape index (κ2) is 3.36. The van der Waals surface area contributed by atoms with Crippen molar-refractivity contribution >= 4 is 6.29 Å². The molecule has 0 saturated heterocycles. The molecule has 0 amide bonds. The highest BCUT2D eigenvalue weighted by Gasteiger charge is 2.35. The minimum atomic E-state index is -4.30. The fourth-order valence-electron chi connectivity index (χ4n) is 1.60. The summed E-state index contributed by atoms with van der Waals surface area (Å²) < 4.78 is 37.4. The smallest absolute Gasteiger partial charge is 0.298 e. The highest BCUT2D eigenvalue weighted by molar-refractivity contribution is 5.76. The van der Waals surface area contributed by atoms with E-state index in [4.69, 9.17) is 0 Å². The topological polar surface area (TPSA) is 34.9 Å². The minimum absolute atomic E-state index is 0.0787. The Balaban J connectivity index is 2.30. The Hall–Kier alpha value is -1.33. The number of hydrogen-bond acceptors (Lipinski definition) is 2. The van der Waals surface area contributed by atoms with Crippen molar-refractivity contribution in [2.24, 2.45) is 0 Å². The van der Waals surface area contributed by atoms with Crippen LogP contribution in [0.3, 0.4) is 0 Å². The molecule has 1 saturated carbocycles. The predicted octanol–water partition coefficient (Wildman–Crippen LogP) is 2.14. The molecule has 0 aromatic carbocycles. The lowest BCUT2D eigenvalue weighted by Crippen LogP contribution is -2.20. The van der Waals surface area contributed by atoms with Gasteiger partial charge in [-0.25, -0.2) is 0 Å². The molecular formula is C9H9F3N2O. The first-order valence-electron chi connectivity index (χ1n) is 4.59. The van der Waals surface area contributed by atoms with Crippen LogP contribution in [0.4, 0.5) is 13.2 Å². The fraction of sp³-hybridized carbons (Fsp3) is 0.556. The third-order valence-corrected chi connectivity index (χ3v) is 2.33. The molecule has 1 aliphatic rings. The van der Waals surface area contributed by atoms with Gasteiger partial charge >= 0.3 is 6.18 Å². The zero-order valence-corrected chi connectivity index (χ0v) is 7.79. The lowest BCUT2D eigenvalue weighted by molar-refractivity contribution is -0.143. The average molecular weight is 218 g/mol. The zero-order valence-electron chi connectivity index (χ0n) is 7.79. The summed E-state index contributed by atoms with van der Waals surface area (Å²) in [6, 6.07) is 0. The van der Waals surface area contributed by atoms with E-state index in [-0.39, 0.29) is 11.5 Å². The van der Waals surface area contributed by atoms with Gasteiger partial charge in [-0.2, -0.15) is 18.3 Å². The molecule has 1 aromatic rings. The fourth-order valence-corrected chi connectivity index (χ4v) is 1.60. The summed E-state index contributed by atoms with van der Waals surface area (Å²) in [4.78, 5) is 10.6. The first kappa shape index (κ1) is 10.2. The third kappa shape index (κ3) is 2.19. The molecule has 0 unspecified atom stereocenters. The Morgan fingerprint density at radius 2 is 2.20 bits per heavy atom. The van der Waals surface area contributed by atoms with E-state index >= 15 is 0 Å². The van der Waals surface area contributed by atoms with Gasteiger partial charge in [-0.05, 0) is 12.8 Å². The van der Waals surface area contributed by atoms with E-state index in [1.807, 2.05) is 0 Å². The van der Waals surface area contributed by atoms with Crippen LogP contribution in [-0.4, -0.2) is 22.2 Å². The first-order chi connectivity index (χ1) is 7.01. The second-order valence-corrected chi connectivity index (χ2v) is 3.65. The van der Waals surface area contributed by atoms with Crippen LogP contribution in [0.25, 0.3) is 0 Å². The van der Waals surface area contributed by atoms with Gasteiger partial charge in [0.15, 0.2) is 6.29 Å². The van der Waals surface area contributed by atoms with Gasteiger partial charge in [-0.1, -0.05) is 0 Å². The van der Waals surface area contributed by atoms with Crippen molar-refractivity contribution in [3.05, 3.63) is 17.5 Å². The van der Waals surface area contributed by atoms with Crippen LogP contribution in [0.1, 0.15) is 34.8 Å². The predicted molar refractivity (Wildman–Crippen MR) is 45.6 cm³/mol. The molecule has 82 valence electrons. The summed E-state index contributed by atoms with van der Waals surface area (Å²) in [7, 11) is 0. The van der Waals surface area contributed by atoms with Crippen LogP contribution in [0.2, 0.25) is 0 Å². The van der Waals surface area contributed by atoms with Crippen LogP contribution in [-0.2, 0) is 6.54 Å². The maximum Gasteiger partial charge on any atom is 0.408 e. The van der Waals surface area contributed by atoms with Crippen molar-refractivity contribution in [3.8, 4) is 0 Å². The van der Waals surface area contributed by atoms with E-state index in [0.29, 0.717) is 12.0 Å². The van der Waals surface area contributed by atoms with E-state index in [2.05, 4.69) is 5.10 Å². The van der Waals surface area contributed by atoms with Gasteiger partial charge < -0.3 is 0 Å².